The van der Waals surface area contributed by atoms with Crippen LogP contribution < -0.4 is 15.4 Å². The molecule has 0 radical (unpaired) electrons. The molecule has 0 unspecified atom stereocenters. The number of nitrogens with one attached hydrogen (secondary N) is 2. The first kappa shape index (κ1) is 14.9. The summed E-state index contributed by atoms with van der Waals surface area (Å²) >= 11 is 0. The van der Waals surface area contributed by atoms with Gasteiger partial charge >= 0.3 is 0 Å². The van der Waals surface area contributed by atoms with E-state index in [9.17, 15) is 4.79 Å². The summed E-state index contributed by atoms with van der Waals surface area (Å²) < 4.78 is 5.10. The maximum absolute atomic E-state index is 12.0. The molecule has 0 aromatic heterocycles. The Morgan fingerprint density at radius 1 is 0.913 bits per heavy atom. The molecule has 0 spiro atoms. The van der Waals surface area contributed by atoms with Gasteiger partial charge in [-0.25, -0.2) is 0 Å². The van der Waals surface area contributed by atoms with Gasteiger partial charge in [0.05, 0.1) is 13.7 Å². The van der Waals surface area contributed by atoms with Crippen molar-refractivity contribution in [3.63, 3.8) is 0 Å². The Kier molecular flexibility index (Phi) is 4.43. The van der Waals surface area contributed by atoms with Gasteiger partial charge in [-0.3, -0.25) is 4.79 Å². The Labute approximate surface area is 135 Å². The minimum atomic E-state index is -0.0869. The van der Waals surface area contributed by atoms with Crippen molar-refractivity contribution in [1.82, 2.24) is 0 Å². The molecule has 4 nitrogen and oxygen atoms in total. The van der Waals surface area contributed by atoms with E-state index < -0.39 is 0 Å². The second-order valence-electron chi connectivity index (χ2n) is 5.19. The van der Waals surface area contributed by atoms with Crippen molar-refractivity contribution < 1.29 is 9.53 Å². The number of hydrogen-bond donors (Lipinski definition) is 2. The molecule has 2 N–H and O–H groups in total. The maximum atomic E-state index is 12.0. The smallest absolute Gasteiger partial charge is 0.243 e. The molecular formula is C19H18N2O2. The second-order valence-corrected chi connectivity index (χ2v) is 5.19. The predicted molar refractivity (Wildman–Crippen MR) is 94.1 cm³/mol. The first-order valence-electron chi connectivity index (χ1n) is 7.41. The number of fused-ring (bicyclic) bond motifs is 1. The molecule has 3 aromatic carbocycles. The van der Waals surface area contributed by atoms with Crippen molar-refractivity contribution in [1.29, 1.82) is 0 Å². The SMILES string of the molecule is COc1ccc(NCC(=O)Nc2ccc3ccccc3c2)cc1. The predicted octanol–water partition coefficient (Wildman–Crippen LogP) is 3.90. The van der Waals surface area contributed by atoms with Gasteiger partial charge in [-0.2, -0.15) is 0 Å². The Morgan fingerprint density at radius 3 is 2.35 bits per heavy atom. The zero-order valence-electron chi connectivity index (χ0n) is 12.9. The Balaban J connectivity index is 1.59. The van der Waals surface area contributed by atoms with Crippen LogP contribution in [-0.4, -0.2) is 19.6 Å². The average molecular weight is 306 g/mol. The molecule has 3 aromatic rings. The molecule has 0 aliphatic carbocycles. The van der Waals surface area contributed by atoms with Gasteiger partial charge in [0.15, 0.2) is 0 Å². The first-order chi connectivity index (χ1) is 11.2. The normalized spacial score (nSPS) is 10.3. The largest absolute Gasteiger partial charge is 0.497 e. The zero-order valence-corrected chi connectivity index (χ0v) is 12.9. The molecule has 0 fully saturated rings. The number of ether oxygens (including phenoxy) is 1. The molecule has 0 bridgehead atoms. The van der Waals surface area contributed by atoms with E-state index in [-0.39, 0.29) is 12.5 Å². The van der Waals surface area contributed by atoms with Crippen molar-refractivity contribution in [2.24, 2.45) is 0 Å². The molecule has 4 heteroatoms. The number of rotatable bonds is 5. The number of carbonyl (C=O) groups excluding carboxylic acids is 1. The van der Waals surface area contributed by atoms with Crippen LogP contribution in [0.2, 0.25) is 0 Å². The Bertz CT molecular complexity index is 813. The van der Waals surface area contributed by atoms with E-state index in [1.54, 1.807) is 7.11 Å². The van der Waals surface area contributed by atoms with Crippen molar-refractivity contribution >= 4 is 28.1 Å². The fourth-order valence-electron chi connectivity index (χ4n) is 2.36. The van der Waals surface area contributed by atoms with E-state index in [2.05, 4.69) is 10.6 Å². The Hall–Kier alpha value is -3.01. The highest BCUT2D eigenvalue weighted by atomic mass is 16.5. The third kappa shape index (κ3) is 3.80. The molecule has 0 saturated heterocycles. The van der Waals surface area contributed by atoms with Gasteiger partial charge in [0, 0.05) is 11.4 Å². The highest BCUT2D eigenvalue weighted by Crippen LogP contribution is 2.19. The molecular weight excluding hydrogens is 288 g/mol. The van der Waals surface area contributed by atoms with Crippen LogP contribution in [0.3, 0.4) is 0 Å². The van der Waals surface area contributed by atoms with Crippen LogP contribution in [0.1, 0.15) is 0 Å². The van der Waals surface area contributed by atoms with Gasteiger partial charge in [0.2, 0.25) is 5.91 Å². The maximum Gasteiger partial charge on any atom is 0.243 e. The summed E-state index contributed by atoms with van der Waals surface area (Å²) in [6.07, 6.45) is 0. The van der Waals surface area contributed by atoms with E-state index in [0.29, 0.717) is 0 Å². The fourth-order valence-corrected chi connectivity index (χ4v) is 2.36. The summed E-state index contributed by atoms with van der Waals surface area (Å²) in [6, 6.07) is 21.4. The van der Waals surface area contributed by atoms with Gasteiger partial charge in [-0.15, -0.1) is 0 Å². The first-order valence-corrected chi connectivity index (χ1v) is 7.41. The van der Waals surface area contributed by atoms with Gasteiger partial charge in [-0.05, 0) is 47.2 Å². The summed E-state index contributed by atoms with van der Waals surface area (Å²) in [5.41, 5.74) is 1.67. The minimum Gasteiger partial charge on any atom is -0.497 e. The van der Waals surface area contributed by atoms with E-state index >= 15 is 0 Å². The molecule has 23 heavy (non-hydrogen) atoms. The third-order valence-electron chi connectivity index (χ3n) is 3.58. The van der Waals surface area contributed by atoms with E-state index in [4.69, 9.17) is 4.74 Å². The van der Waals surface area contributed by atoms with Crippen LogP contribution in [0, 0.1) is 0 Å². The Morgan fingerprint density at radius 2 is 1.61 bits per heavy atom. The molecule has 116 valence electrons. The zero-order chi connectivity index (χ0) is 16.1. The lowest BCUT2D eigenvalue weighted by Crippen LogP contribution is -2.21. The number of methoxy groups -OCH3 is 1. The molecule has 1 amide bonds. The van der Waals surface area contributed by atoms with E-state index in [1.807, 2.05) is 66.7 Å². The lowest BCUT2D eigenvalue weighted by molar-refractivity contribution is -0.114. The van der Waals surface area contributed by atoms with Crippen LogP contribution in [0.15, 0.2) is 66.7 Å². The molecule has 0 atom stereocenters. The second kappa shape index (κ2) is 6.83. The van der Waals surface area contributed by atoms with Crippen LogP contribution in [0.5, 0.6) is 5.75 Å². The van der Waals surface area contributed by atoms with Crippen molar-refractivity contribution in [3.8, 4) is 5.75 Å². The summed E-state index contributed by atoms with van der Waals surface area (Å²) in [7, 11) is 1.62. The highest BCUT2D eigenvalue weighted by Gasteiger charge is 2.03. The summed E-state index contributed by atoms with van der Waals surface area (Å²) in [6.45, 7) is 0.207. The summed E-state index contributed by atoms with van der Waals surface area (Å²) in [5.74, 6) is 0.701. The standard InChI is InChI=1S/C19H18N2O2/c1-23-18-10-8-16(9-11-18)20-13-19(22)21-17-7-6-14-4-2-3-5-15(14)12-17/h2-12,20H,13H2,1H3,(H,21,22). The molecule has 0 heterocycles. The highest BCUT2D eigenvalue weighted by molar-refractivity contribution is 5.96. The van der Waals surface area contributed by atoms with Crippen LogP contribution in [0.4, 0.5) is 11.4 Å². The average Bonchev–Trinajstić information content (AvgIpc) is 2.60. The molecule has 0 saturated carbocycles. The van der Waals surface area contributed by atoms with E-state index in [1.165, 1.54) is 0 Å². The number of benzene rings is 3. The van der Waals surface area contributed by atoms with Crippen LogP contribution in [0.25, 0.3) is 10.8 Å². The van der Waals surface area contributed by atoms with Gasteiger partial charge in [-0.1, -0.05) is 30.3 Å². The number of carbonyl (C=O) groups is 1. The van der Waals surface area contributed by atoms with Crippen LogP contribution in [-0.2, 0) is 4.79 Å². The monoisotopic (exact) mass is 306 g/mol. The summed E-state index contributed by atoms with van der Waals surface area (Å²) in [4.78, 5) is 12.0. The topological polar surface area (TPSA) is 50.4 Å². The van der Waals surface area contributed by atoms with Crippen molar-refractivity contribution in [2.45, 2.75) is 0 Å². The number of hydrogen-bond acceptors (Lipinski definition) is 3. The van der Waals surface area contributed by atoms with Gasteiger partial charge in [0.25, 0.3) is 0 Å². The minimum absolute atomic E-state index is 0.0869. The van der Waals surface area contributed by atoms with Gasteiger partial charge < -0.3 is 15.4 Å². The lowest BCUT2D eigenvalue weighted by Gasteiger charge is -2.09. The quantitative estimate of drug-likeness (QED) is 0.751. The number of anilines is 2. The van der Waals surface area contributed by atoms with Gasteiger partial charge in [0.1, 0.15) is 5.75 Å². The van der Waals surface area contributed by atoms with Crippen LogP contribution >= 0.6 is 0 Å². The third-order valence-corrected chi connectivity index (χ3v) is 3.58. The fraction of sp³-hybridized carbons (Fsp3) is 0.105. The lowest BCUT2D eigenvalue weighted by atomic mass is 10.1. The number of amides is 1. The molecule has 0 aliphatic heterocycles. The molecule has 3 rings (SSSR count). The summed E-state index contributed by atoms with van der Waals surface area (Å²) in [5, 5.41) is 8.25. The van der Waals surface area contributed by atoms with Crippen molar-refractivity contribution in [3.05, 3.63) is 66.7 Å². The van der Waals surface area contributed by atoms with Crippen molar-refractivity contribution in [2.75, 3.05) is 24.3 Å². The van der Waals surface area contributed by atoms with E-state index in [0.717, 1.165) is 27.9 Å². The molecule has 0 aliphatic rings.